The molecule has 1 aliphatic rings. The van der Waals surface area contributed by atoms with Gasteiger partial charge in [0, 0.05) is 24.6 Å². The van der Waals surface area contributed by atoms with Gasteiger partial charge in [0.15, 0.2) is 5.16 Å². The fourth-order valence-electron chi connectivity index (χ4n) is 5.07. The van der Waals surface area contributed by atoms with Crippen LogP contribution >= 0.6 is 11.8 Å². The fraction of sp³-hybridized carbons (Fsp3) is 0.333. The summed E-state index contributed by atoms with van der Waals surface area (Å²) in [6.45, 7) is 4.75. The van der Waals surface area contributed by atoms with Crippen molar-refractivity contribution >= 4 is 23.4 Å². The average Bonchev–Trinajstić information content (AvgIpc) is 3.21. The van der Waals surface area contributed by atoms with Crippen molar-refractivity contribution < 1.29 is 4.79 Å². The molecule has 0 aliphatic heterocycles. The van der Waals surface area contributed by atoms with Gasteiger partial charge in [-0.1, -0.05) is 80.2 Å². The lowest BCUT2D eigenvalue weighted by Gasteiger charge is -2.37. The Labute approximate surface area is 208 Å². The summed E-state index contributed by atoms with van der Waals surface area (Å²) in [4.78, 5) is 31.6. The van der Waals surface area contributed by atoms with E-state index in [2.05, 4.69) is 36.4 Å². The summed E-state index contributed by atoms with van der Waals surface area (Å²) < 4.78 is 3.21. The van der Waals surface area contributed by atoms with Crippen molar-refractivity contribution in [1.82, 2.24) is 24.5 Å². The first-order valence-electron chi connectivity index (χ1n) is 12.0. The zero-order chi connectivity index (χ0) is 24.6. The molecule has 1 N–H and O–H groups in total. The second kappa shape index (κ2) is 9.34. The topological polar surface area (TPSA) is 81.3 Å². The highest BCUT2D eigenvalue weighted by atomic mass is 32.2. The number of hydrogen-bond donors (Lipinski definition) is 1. The van der Waals surface area contributed by atoms with E-state index in [1.807, 2.05) is 42.5 Å². The van der Waals surface area contributed by atoms with E-state index in [9.17, 15) is 9.59 Å². The molecule has 2 aromatic heterocycles. The van der Waals surface area contributed by atoms with Crippen LogP contribution in [0.5, 0.6) is 0 Å². The van der Waals surface area contributed by atoms with Crippen LogP contribution in [0.1, 0.15) is 43.4 Å². The van der Waals surface area contributed by atoms with Crippen molar-refractivity contribution in [2.24, 2.45) is 7.05 Å². The molecule has 0 saturated carbocycles. The number of benzene rings is 2. The number of rotatable bonds is 7. The Kier molecular flexibility index (Phi) is 6.23. The van der Waals surface area contributed by atoms with Crippen molar-refractivity contribution in [2.45, 2.75) is 50.2 Å². The lowest BCUT2D eigenvalue weighted by atomic mass is 9.66. The Hall–Kier alpha value is -3.39. The number of carbonyl (C=O) groups excluding carboxylic acids is 1. The zero-order valence-corrected chi connectivity index (χ0v) is 21.1. The average molecular weight is 488 g/mol. The molecule has 2 heterocycles. The van der Waals surface area contributed by atoms with E-state index in [-0.39, 0.29) is 22.6 Å². The second-order valence-electron chi connectivity index (χ2n) is 9.05. The zero-order valence-electron chi connectivity index (χ0n) is 20.2. The molecular formula is C27H29N5O2S. The number of thioether (sulfide) groups is 1. The number of carbonyl (C=O) groups is 1. The molecule has 2 aromatic carbocycles. The van der Waals surface area contributed by atoms with Crippen molar-refractivity contribution in [3.63, 3.8) is 0 Å². The first kappa shape index (κ1) is 23.4. The Balaban J connectivity index is 1.51. The van der Waals surface area contributed by atoms with Gasteiger partial charge in [0.2, 0.25) is 11.7 Å². The summed E-state index contributed by atoms with van der Waals surface area (Å²) >= 11 is 1.26. The second-order valence-corrected chi connectivity index (χ2v) is 10.00. The Morgan fingerprint density at radius 3 is 2.54 bits per heavy atom. The van der Waals surface area contributed by atoms with Crippen LogP contribution in [0.4, 0.5) is 0 Å². The van der Waals surface area contributed by atoms with Gasteiger partial charge in [0.05, 0.1) is 17.0 Å². The Morgan fingerprint density at radius 2 is 1.80 bits per heavy atom. The Morgan fingerprint density at radius 1 is 1.09 bits per heavy atom. The van der Waals surface area contributed by atoms with Crippen LogP contribution in [-0.2, 0) is 30.2 Å². The van der Waals surface area contributed by atoms with E-state index in [1.165, 1.54) is 17.3 Å². The molecular weight excluding hydrogens is 458 g/mol. The smallest absolute Gasteiger partial charge is 0.265 e. The van der Waals surface area contributed by atoms with Crippen molar-refractivity contribution in [1.29, 1.82) is 0 Å². The van der Waals surface area contributed by atoms with Gasteiger partial charge >= 0.3 is 0 Å². The first-order valence-corrected chi connectivity index (χ1v) is 13.0. The summed E-state index contributed by atoms with van der Waals surface area (Å²) in [5, 5.41) is 7.99. The highest BCUT2D eigenvalue weighted by Crippen LogP contribution is 2.44. The van der Waals surface area contributed by atoms with Crippen molar-refractivity contribution in [3.8, 4) is 11.3 Å². The van der Waals surface area contributed by atoms with E-state index in [0.717, 1.165) is 41.6 Å². The van der Waals surface area contributed by atoms with Gasteiger partial charge in [-0.2, -0.15) is 0 Å². The highest BCUT2D eigenvalue weighted by molar-refractivity contribution is 7.99. The summed E-state index contributed by atoms with van der Waals surface area (Å²) in [6.07, 6.45) is 2.51. The standard InChI is InChI=1S/C27H29N5O2S/c1-4-27(5-2)15-19-13-9-10-14-20(19)23-22(27)24(34)32-25(29-23)31(3)30-26(32)35-17-21(33)28-16-18-11-7-6-8-12-18/h6-14H,4-5,15-17H2,1-3H3,(H,28,33). The maximum Gasteiger partial charge on any atom is 0.265 e. The number of fused-ring (bicyclic) bond motifs is 4. The number of nitrogens with zero attached hydrogens (tertiary/aromatic N) is 4. The van der Waals surface area contributed by atoms with E-state index in [1.54, 1.807) is 16.1 Å². The van der Waals surface area contributed by atoms with E-state index >= 15 is 0 Å². The molecule has 0 radical (unpaired) electrons. The molecule has 0 atom stereocenters. The number of hydrogen-bond acceptors (Lipinski definition) is 5. The molecule has 7 nitrogen and oxygen atoms in total. The molecule has 0 saturated heterocycles. The number of nitrogens with one attached hydrogen (secondary N) is 1. The maximum atomic E-state index is 14.1. The first-order chi connectivity index (χ1) is 17.0. The lowest BCUT2D eigenvalue weighted by Crippen LogP contribution is -2.39. The van der Waals surface area contributed by atoms with Gasteiger partial charge in [0.1, 0.15) is 0 Å². The van der Waals surface area contributed by atoms with Gasteiger partial charge in [-0.25, -0.2) is 14.1 Å². The molecule has 0 spiro atoms. The van der Waals surface area contributed by atoms with Gasteiger partial charge < -0.3 is 5.32 Å². The van der Waals surface area contributed by atoms with E-state index in [0.29, 0.717) is 17.5 Å². The van der Waals surface area contributed by atoms with E-state index in [4.69, 9.17) is 4.98 Å². The summed E-state index contributed by atoms with van der Waals surface area (Å²) in [6, 6.07) is 18.0. The minimum absolute atomic E-state index is 0.0801. The molecule has 0 unspecified atom stereocenters. The third kappa shape index (κ3) is 4.05. The van der Waals surface area contributed by atoms with Crippen LogP contribution in [-0.4, -0.2) is 30.8 Å². The fourth-order valence-corrected chi connectivity index (χ4v) is 5.91. The van der Waals surface area contributed by atoms with Gasteiger partial charge in [-0.05, 0) is 30.4 Å². The van der Waals surface area contributed by atoms with Crippen molar-refractivity contribution in [2.75, 3.05) is 5.75 Å². The largest absolute Gasteiger partial charge is 0.351 e. The minimum atomic E-state index is -0.278. The maximum absolute atomic E-state index is 14.1. The molecule has 8 heteroatoms. The Bertz CT molecular complexity index is 1450. The third-order valence-corrected chi connectivity index (χ3v) is 8.06. The molecule has 1 amide bonds. The molecule has 4 aromatic rings. The van der Waals surface area contributed by atoms with E-state index < -0.39 is 0 Å². The monoisotopic (exact) mass is 487 g/mol. The summed E-state index contributed by atoms with van der Waals surface area (Å²) in [7, 11) is 1.79. The molecule has 1 aliphatic carbocycles. The number of aryl methyl sites for hydroxylation is 1. The molecule has 35 heavy (non-hydrogen) atoms. The highest BCUT2D eigenvalue weighted by Gasteiger charge is 2.40. The minimum Gasteiger partial charge on any atom is -0.351 e. The van der Waals surface area contributed by atoms with Crippen LogP contribution in [0.25, 0.3) is 17.0 Å². The molecule has 0 bridgehead atoms. The third-order valence-electron chi connectivity index (χ3n) is 7.13. The number of amides is 1. The molecule has 5 rings (SSSR count). The molecule has 180 valence electrons. The SMILES string of the molecule is CCC1(CC)Cc2ccccc2-c2nc3n(C)nc(SCC(=O)NCc4ccccc4)n3c(=O)c21. The van der Waals surface area contributed by atoms with Gasteiger partial charge in [-0.3, -0.25) is 9.59 Å². The molecule has 0 fully saturated rings. The summed E-state index contributed by atoms with van der Waals surface area (Å²) in [5.74, 6) is 0.540. The predicted octanol–water partition coefficient (Wildman–Crippen LogP) is 4.12. The van der Waals surface area contributed by atoms with Crippen LogP contribution in [0.15, 0.2) is 64.5 Å². The van der Waals surface area contributed by atoms with Crippen LogP contribution < -0.4 is 10.9 Å². The normalized spacial score (nSPS) is 13.9. The quantitative estimate of drug-likeness (QED) is 0.397. The van der Waals surface area contributed by atoms with Crippen LogP contribution in [0, 0.1) is 0 Å². The van der Waals surface area contributed by atoms with Gasteiger partial charge in [-0.15, -0.1) is 5.10 Å². The lowest BCUT2D eigenvalue weighted by molar-refractivity contribution is -0.118. The van der Waals surface area contributed by atoms with Crippen LogP contribution in [0.3, 0.4) is 0 Å². The van der Waals surface area contributed by atoms with Crippen LogP contribution in [0.2, 0.25) is 0 Å². The summed E-state index contributed by atoms with van der Waals surface area (Å²) in [5.41, 5.74) is 4.46. The predicted molar refractivity (Wildman–Crippen MR) is 139 cm³/mol. The van der Waals surface area contributed by atoms with Gasteiger partial charge in [0.25, 0.3) is 5.56 Å². The van der Waals surface area contributed by atoms with Crippen molar-refractivity contribution in [3.05, 3.63) is 81.6 Å². The number of aromatic nitrogens is 4.